The Morgan fingerprint density at radius 1 is 0.636 bits per heavy atom. The van der Waals surface area contributed by atoms with E-state index in [1.165, 1.54) is 0 Å². The minimum Gasteiger partial charge on any atom is -0.378 e. The lowest BCUT2D eigenvalue weighted by molar-refractivity contribution is 0.00599. The Balaban J connectivity index is 1.44. The molecule has 2 aromatic heterocycles. The molecule has 1 fully saturated rings. The summed E-state index contributed by atoms with van der Waals surface area (Å²) in [5.41, 5.74) is 3.16. The highest BCUT2D eigenvalue weighted by Gasteiger charge is 2.10. The van der Waals surface area contributed by atoms with Gasteiger partial charge in [0.15, 0.2) is 0 Å². The van der Waals surface area contributed by atoms with Crippen molar-refractivity contribution in [3.8, 4) is 0 Å². The van der Waals surface area contributed by atoms with Gasteiger partial charge in [-0.05, 0) is 31.2 Å². The molecule has 3 rings (SSSR count). The number of aromatic nitrogens is 2. The molecule has 33 heavy (non-hydrogen) atoms. The van der Waals surface area contributed by atoms with Crippen LogP contribution in [-0.4, -0.2) is 98.8 Å². The van der Waals surface area contributed by atoms with Gasteiger partial charge >= 0.3 is 0 Å². The second-order valence-electron chi connectivity index (χ2n) is 8.09. The topological polar surface area (TPSA) is 69.2 Å². The van der Waals surface area contributed by atoms with Gasteiger partial charge in [-0.3, -0.25) is 19.8 Å². The van der Waals surface area contributed by atoms with Crippen molar-refractivity contribution in [2.45, 2.75) is 20.0 Å². The molecular formula is C25H38N4O4. The molecule has 8 heteroatoms. The molecule has 0 saturated carbocycles. The molecule has 0 aromatic carbocycles. The Morgan fingerprint density at radius 2 is 1.15 bits per heavy atom. The maximum atomic E-state index is 5.82. The fourth-order valence-electron chi connectivity index (χ4n) is 3.60. The van der Waals surface area contributed by atoms with E-state index in [0.717, 1.165) is 56.4 Å². The first-order chi connectivity index (χ1) is 16.3. The van der Waals surface area contributed by atoms with Crippen LogP contribution in [0.2, 0.25) is 0 Å². The summed E-state index contributed by atoms with van der Waals surface area (Å²) in [5.74, 6) is 0. The van der Waals surface area contributed by atoms with Gasteiger partial charge in [0.2, 0.25) is 0 Å². The highest BCUT2D eigenvalue weighted by Crippen LogP contribution is 2.04. The Labute approximate surface area is 197 Å². The summed E-state index contributed by atoms with van der Waals surface area (Å²) in [6, 6.07) is 12.1. The number of aryl methyl sites for hydroxylation is 1. The van der Waals surface area contributed by atoms with Crippen molar-refractivity contribution in [1.82, 2.24) is 19.8 Å². The summed E-state index contributed by atoms with van der Waals surface area (Å²) in [4.78, 5) is 13.7. The first-order valence-corrected chi connectivity index (χ1v) is 11.9. The number of ether oxygens (including phenoxy) is 4. The molecule has 182 valence electrons. The second-order valence-corrected chi connectivity index (χ2v) is 8.09. The normalized spacial score (nSPS) is 19.5. The highest BCUT2D eigenvalue weighted by molar-refractivity contribution is 5.09. The van der Waals surface area contributed by atoms with E-state index < -0.39 is 0 Å². The van der Waals surface area contributed by atoms with E-state index in [1.54, 1.807) is 0 Å². The Kier molecular flexibility index (Phi) is 12.3. The molecule has 2 aromatic rings. The van der Waals surface area contributed by atoms with Gasteiger partial charge < -0.3 is 18.9 Å². The van der Waals surface area contributed by atoms with Crippen LogP contribution in [-0.2, 0) is 32.0 Å². The van der Waals surface area contributed by atoms with Crippen LogP contribution in [0.1, 0.15) is 17.1 Å². The third-order valence-electron chi connectivity index (χ3n) is 5.39. The zero-order valence-corrected chi connectivity index (χ0v) is 19.9. The van der Waals surface area contributed by atoms with Crippen LogP contribution < -0.4 is 0 Å². The van der Waals surface area contributed by atoms with Crippen LogP contribution in [0, 0.1) is 6.92 Å². The lowest BCUT2D eigenvalue weighted by Crippen LogP contribution is -2.33. The summed E-state index contributed by atoms with van der Waals surface area (Å²) in [7, 11) is 0. The van der Waals surface area contributed by atoms with Crippen LogP contribution >= 0.6 is 0 Å². The van der Waals surface area contributed by atoms with Gasteiger partial charge in [-0.25, -0.2) is 0 Å². The quantitative estimate of drug-likeness (QED) is 0.691. The van der Waals surface area contributed by atoms with E-state index >= 15 is 0 Å². The van der Waals surface area contributed by atoms with Gasteiger partial charge in [-0.15, -0.1) is 0 Å². The third-order valence-corrected chi connectivity index (χ3v) is 5.39. The average Bonchev–Trinajstić information content (AvgIpc) is 2.82. The van der Waals surface area contributed by atoms with Crippen molar-refractivity contribution >= 4 is 0 Å². The molecule has 1 aliphatic rings. The molecular weight excluding hydrogens is 420 g/mol. The SMILES string of the molecule is Cc1cccc(CN2CCOCCOCCN(Cc3ccccn3)CCOCCOCC2)n1. The van der Waals surface area contributed by atoms with Gasteiger partial charge in [0.05, 0.1) is 64.2 Å². The Bertz CT molecular complexity index is 745. The molecule has 1 saturated heterocycles. The minimum absolute atomic E-state index is 0.594. The average molecular weight is 459 g/mol. The number of rotatable bonds is 4. The highest BCUT2D eigenvalue weighted by atomic mass is 16.5. The summed E-state index contributed by atoms with van der Waals surface area (Å²) in [6.45, 7) is 11.9. The number of nitrogens with zero attached hydrogens (tertiary/aromatic N) is 4. The first kappa shape index (κ1) is 25.7. The molecule has 3 heterocycles. The van der Waals surface area contributed by atoms with Crippen molar-refractivity contribution < 1.29 is 18.9 Å². The fourth-order valence-corrected chi connectivity index (χ4v) is 3.60. The van der Waals surface area contributed by atoms with E-state index in [4.69, 9.17) is 18.9 Å². The van der Waals surface area contributed by atoms with Crippen LogP contribution in [0.15, 0.2) is 42.6 Å². The first-order valence-electron chi connectivity index (χ1n) is 11.9. The number of hydrogen-bond donors (Lipinski definition) is 0. The minimum atomic E-state index is 0.594. The lowest BCUT2D eigenvalue weighted by atomic mass is 10.3. The Morgan fingerprint density at radius 3 is 1.64 bits per heavy atom. The summed E-state index contributed by atoms with van der Waals surface area (Å²) >= 11 is 0. The predicted octanol–water partition coefficient (Wildman–Crippen LogP) is 2.17. The summed E-state index contributed by atoms with van der Waals surface area (Å²) in [6.07, 6.45) is 1.83. The van der Waals surface area contributed by atoms with Crippen molar-refractivity contribution in [3.63, 3.8) is 0 Å². The van der Waals surface area contributed by atoms with Crippen molar-refractivity contribution in [2.75, 3.05) is 79.0 Å². The second kappa shape index (κ2) is 15.8. The smallest absolute Gasteiger partial charge is 0.0701 e. The van der Waals surface area contributed by atoms with E-state index in [1.807, 2.05) is 37.4 Å². The molecule has 0 bridgehead atoms. The third kappa shape index (κ3) is 11.2. The van der Waals surface area contributed by atoms with Crippen LogP contribution in [0.25, 0.3) is 0 Å². The maximum Gasteiger partial charge on any atom is 0.0701 e. The zero-order valence-electron chi connectivity index (χ0n) is 19.9. The molecule has 0 unspecified atom stereocenters. The molecule has 8 nitrogen and oxygen atoms in total. The Hall–Kier alpha value is -1.94. The maximum absolute atomic E-state index is 5.82. The standard InChI is InChI=1S/C25H38N4O4/c1-23-5-4-7-25(27-23)22-29-11-15-32-19-17-30-13-9-28(21-24-6-2-3-8-26-24)10-14-31-18-20-33-16-12-29/h2-8H,9-22H2,1H3. The molecule has 0 atom stereocenters. The van der Waals surface area contributed by atoms with E-state index in [2.05, 4.69) is 31.9 Å². The van der Waals surface area contributed by atoms with Crippen molar-refractivity contribution in [1.29, 1.82) is 0 Å². The van der Waals surface area contributed by atoms with E-state index in [-0.39, 0.29) is 0 Å². The largest absolute Gasteiger partial charge is 0.378 e. The van der Waals surface area contributed by atoms with Gasteiger partial charge in [0, 0.05) is 51.2 Å². The summed E-state index contributed by atoms with van der Waals surface area (Å²) < 4.78 is 23.3. The van der Waals surface area contributed by atoms with Gasteiger partial charge in [0.1, 0.15) is 0 Å². The van der Waals surface area contributed by atoms with Crippen molar-refractivity contribution in [2.24, 2.45) is 0 Å². The fraction of sp³-hybridized carbons (Fsp3) is 0.600. The van der Waals surface area contributed by atoms with Crippen LogP contribution in [0.5, 0.6) is 0 Å². The van der Waals surface area contributed by atoms with Gasteiger partial charge in [0.25, 0.3) is 0 Å². The van der Waals surface area contributed by atoms with Crippen LogP contribution in [0.4, 0.5) is 0 Å². The monoisotopic (exact) mass is 458 g/mol. The summed E-state index contributed by atoms with van der Waals surface area (Å²) in [5, 5.41) is 0. The molecule has 0 N–H and O–H groups in total. The number of pyridine rings is 2. The van der Waals surface area contributed by atoms with Gasteiger partial charge in [-0.2, -0.15) is 0 Å². The number of hydrogen-bond acceptors (Lipinski definition) is 8. The molecule has 0 aliphatic carbocycles. The molecule has 0 spiro atoms. The molecule has 0 radical (unpaired) electrons. The van der Waals surface area contributed by atoms with Crippen LogP contribution in [0.3, 0.4) is 0 Å². The van der Waals surface area contributed by atoms with Crippen molar-refractivity contribution in [3.05, 3.63) is 59.7 Å². The van der Waals surface area contributed by atoms with E-state index in [0.29, 0.717) is 52.9 Å². The predicted molar refractivity (Wildman–Crippen MR) is 127 cm³/mol. The lowest BCUT2D eigenvalue weighted by Gasteiger charge is -2.23. The molecule has 0 amide bonds. The zero-order chi connectivity index (χ0) is 23.0. The van der Waals surface area contributed by atoms with E-state index in [9.17, 15) is 0 Å². The van der Waals surface area contributed by atoms with Gasteiger partial charge in [-0.1, -0.05) is 12.1 Å². The molecule has 1 aliphatic heterocycles.